The van der Waals surface area contributed by atoms with Gasteiger partial charge in [-0.1, -0.05) is 18.2 Å². The van der Waals surface area contributed by atoms with Crippen LogP contribution < -0.4 is 9.80 Å². The number of benzene rings is 1. The lowest BCUT2D eigenvalue weighted by Crippen LogP contribution is -2.48. The Morgan fingerprint density at radius 2 is 1.63 bits per heavy atom. The standard InChI is InChI=1S/C23H27N5OS/c1-17-19-21(27-10-6-3-7-11-27)24-16-25-22(19)30-20(17)23(29)28-14-12-26(13-15-28)18-8-4-2-5-9-18/h2,4-5,8-9,16H,3,6-7,10-15H2,1H3. The Morgan fingerprint density at radius 3 is 2.37 bits per heavy atom. The van der Waals surface area contributed by atoms with E-state index in [2.05, 4.69) is 51.0 Å². The molecule has 0 aliphatic carbocycles. The summed E-state index contributed by atoms with van der Waals surface area (Å²) in [5.74, 6) is 1.13. The van der Waals surface area contributed by atoms with Gasteiger partial charge in [-0.25, -0.2) is 9.97 Å². The van der Waals surface area contributed by atoms with Gasteiger partial charge in [0.15, 0.2) is 0 Å². The molecule has 2 aromatic heterocycles. The third-order valence-electron chi connectivity index (χ3n) is 6.24. The van der Waals surface area contributed by atoms with Crippen molar-refractivity contribution in [2.45, 2.75) is 26.2 Å². The van der Waals surface area contributed by atoms with Crippen molar-refractivity contribution in [1.82, 2.24) is 14.9 Å². The second-order valence-electron chi connectivity index (χ2n) is 8.10. The number of aryl methyl sites for hydroxylation is 1. The number of piperazine rings is 1. The van der Waals surface area contributed by atoms with Crippen molar-refractivity contribution in [3.05, 3.63) is 47.1 Å². The van der Waals surface area contributed by atoms with Gasteiger partial charge >= 0.3 is 0 Å². The van der Waals surface area contributed by atoms with Crippen molar-refractivity contribution in [3.63, 3.8) is 0 Å². The van der Waals surface area contributed by atoms with Crippen LogP contribution in [0.5, 0.6) is 0 Å². The number of aromatic nitrogens is 2. The molecule has 0 atom stereocenters. The molecule has 0 N–H and O–H groups in total. The molecule has 0 spiro atoms. The highest BCUT2D eigenvalue weighted by molar-refractivity contribution is 7.20. The molecule has 0 radical (unpaired) electrons. The highest BCUT2D eigenvalue weighted by Gasteiger charge is 2.27. The lowest BCUT2D eigenvalue weighted by molar-refractivity contribution is 0.0751. The van der Waals surface area contributed by atoms with E-state index in [0.717, 1.165) is 65.7 Å². The largest absolute Gasteiger partial charge is 0.368 e. The Labute approximate surface area is 181 Å². The fourth-order valence-electron chi connectivity index (χ4n) is 4.55. The van der Waals surface area contributed by atoms with Gasteiger partial charge in [-0.2, -0.15) is 0 Å². The molecule has 1 aromatic carbocycles. The van der Waals surface area contributed by atoms with Crippen molar-refractivity contribution < 1.29 is 4.79 Å². The first-order chi connectivity index (χ1) is 14.7. The number of rotatable bonds is 3. The molecule has 6 nitrogen and oxygen atoms in total. The quantitative estimate of drug-likeness (QED) is 0.641. The van der Waals surface area contributed by atoms with Gasteiger partial charge in [0.2, 0.25) is 0 Å². The highest BCUT2D eigenvalue weighted by Crippen LogP contribution is 2.36. The van der Waals surface area contributed by atoms with E-state index in [1.165, 1.54) is 36.3 Å². The molecule has 2 fully saturated rings. The molecule has 156 valence electrons. The minimum atomic E-state index is 0.132. The van der Waals surface area contributed by atoms with Crippen LogP contribution in [0.3, 0.4) is 0 Å². The van der Waals surface area contributed by atoms with Crippen molar-refractivity contribution in [2.24, 2.45) is 0 Å². The van der Waals surface area contributed by atoms with Crippen molar-refractivity contribution >= 4 is 39.0 Å². The minimum Gasteiger partial charge on any atom is -0.368 e. The first-order valence-corrected chi connectivity index (χ1v) is 11.6. The minimum absolute atomic E-state index is 0.132. The van der Waals surface area contributed by atoms with Crippen LogP contribution in [0.15, 0.2) is 36.7 Å². The van der Waals surface area contributed by atoms with Crippen molar-refractivity contribution in [3.8, 4) is 0 Å². The van der Waals surface area contributed by atoms with E-state index in [0.29, 0.717) is 0 Å². The lowest BCUT2D eigenvalue weighted by Gasteiger charge is -2.36. The molecule has 0 saturated carbocycles. The number of para-hydroxylation sites is 1. The summed E-state index contributed by atoms with van der Waals surface area (Å²) < 4.78 is 0. The molecular formula is C23H27N5OS. The molecular weight excluding hydrogens is 394 g/mol. The normalized spacial score (nSPS) is 17.6. The van der Waals surface area contributed by atoms with E-state index < -0.39 is 0 Å². The van der Waals surface area contributed by atoms with Gasteiger partial charge in [-0.05, 0) is 43.9 Å². The molecule has 7 heteroatoms. The lowest BCUT2D eigenvalue weighted by atomic mass is 10.1. The maximum Gasteiger partial charge on any atom is 0.264 e. The summed E-state index contributed by atoms with van der Waals surface area (Å²) >= 11 is 1.52. The molecule has 2 saturated heterocycles. The fourth-order valence-corrected chi connectivity index (χ4v) is 5.66. The number of nitrogens with zero attached hydrogens (tertiary/aromatic N) is 5. The molecule has 2 aliphatic heterocycles. The number of fused-ring (bicyclic) bond motifs is 1. The summed E-state index contributed by atoms with van der Waals surface area (Å²) in [6.45, 7) is 7.33. The highest BCUT2D eigenvalue weighted by atomic mass is 32.1. The second kappa shape index (κ2) is 8.22. The van der Waals surface area contributed by atoms with E-state index in [4.69, 9.17) is 0 Å². The summed E-state index contributed by atoms with van der Waals surface area (Å²) in [7, 11) is 0. The third kappa shape index (κ3) is 3.51. The predicted molar refractivity (Wildman–Crippen MR) is 123 cm³/mol. The molecule has 4 heterocycles. The van der Waals surface area contributed by atoms with Gasteiger partial charge < -0.3 is 14.7 Å². The first-order valence-electron chi connectivity index (χ1n) is 10.8. The Bertz CT molecular complexity index is 1040. The topological polar surface area (TPSA) is 52.6 Å². The SMILES string of the molecule is Cc1c(C(=O)N2CCN(c3ccccc3)CC2)sc2ncnc(N3CCCCC3)c12. The van der Waals surface area contributed by atoms with Crippen LogP contribution >= 0.6 is 11.3 Å². The maximum absolute atomic E-state index is 13.4. The number of carbonyl (C=O) groups is 1. The van der Waals surface area contributed by atoms with Crippen LogP contribution in [0.4, 0.5) is 11.5 Å². The second-order valence-corrected chi connectivity index (χ2v) is 9.10. The van der Waals surface area contributed by atoms with Crippen LogP contribution in [0.25, 0.3) is 10.2 Å². The van der Waals surface area contributed by atoms with Gasteiger partial charge in [-0.15, -0.1) is 11.3 Å². The summed E-state index contributed by atoms with van der Waals surface area (Å²) in [4.78, 5) is 30.9. The molecule has 2 aliphatic rings. The number of hydrogen-bond acceptors (Lipinski definition) is 6. The van der Waals surface area contributed by atoms with E-state index in [1.807, 2.05) is 11.0 Å². The average molecular weight is 422 g/mol. The van der Waals surface area contributed by atoms with Crippen LogP contribution in [0.1, 0.15) is 34.5 Å². The number of anilines is 2. The molecule has 3 aromatic rings. The number of amides is 1. The third-order valence-corrected chi connectivity index (χ3v) is 7.43. The van der Waals surface area contributed by atoms with E-state index in [-0.39, 0.29) is 5.91 Å². The number of thiophene rings is 1. The van der Waals surface area contributed by atoms with Gasteiger partial charge in [0, 0.05) is 45.0 Å². The van der Waals surface area contributed by atoms with E-state index >= 15 is 0 Å². The summed E-state index contributed by atoms with van der Waals surface area (Å²) in [5.41, 5.74) is 2.26. The molecule has 0 unspecified atom stereocenters. The van der Waals surface area contributed by atoms with E-state index in [1.54, 1.807) is 6.33 Å². The zero-order valence-corrected chi connectivity index (χ0v) is 18.2. The average Bonchev–Trinajstić information content (AvgIpc) is 3.16. The smallest absolute Gasteiger partial charge is 0.264 e. The summed E-state index contributed by atoms with van der Waals surface area (Å²) in [5, 5.41) is 1.07. The summed E-state index contributed by atoms with van der Waals surface area (Å²) in [6, 6.07) is 10.4. The van der Waals surface area contributed by atoms with Crippen LogP contribution in [-0.4, -0.2) is 60.0 Å². The Balaban J connectivity index is 1.37. The van der Waals surface area contributed by atoms with Gasteiger partial charge in [0.05, 0.1) is 10.3 Å². The fraction of sp³-hybridized carbons (Fsp3) is 0.435. The van der Waals surface area contributed by atoms with Crippen molar-refractivity contribution in [1.29, 1.82) is 0 Å². The van der Waals surface area contributed by atoms with E-state index in [9.17, 15) is 4.79 Å². The van der Waals surface area contributed by atoms with Gasteiger partial charge in [-0.3, -0.25) is 4.79 Å². The molecule has 1 amide bonds. The zero-order chi connectivity index (χ0) is 20.5. The van der Waals surface area contributed by atoms with Gasteiger partial charge in [0.25, 0.3) is 5.91 Å². The Kier molecular flexibility index (Phi) is 5.29. The molecule has 30 heavy (non-hydrogen) atoms. The predicted octanol–water partition coefficient (Wildman–Crippen LogP) is 3.95. The zero-order valence-electron chi connectivity index (χ0n) is 17.4. The van der Waals surface area contributed by atoms with Crippen LogP contribution in [0, 0.1) is 6.92 Å². The molecule has 0 bridgehead atoms. The van der Waals surface area contributed by atoms with Crippen molar-refractivity contribution in [2.75, 3.05) is 49.1 Å². The summed E-state index contributed by atoms with van der Waals surface area (Å²) in [6.07, 6.45) is 5.33. The Morgan fingerprint density at radius 1 is 0.900 bits per heavy atom. The molecule has 5 rings (SSSR count). The number of carbonyl (C=O) groups excluding carboxylic acids is 1. The van der Waals surface area contributed by atoms with Crippen LogP contribution in [0.2, 0.25) is 0 Å². The van der Waals surface area contributed by atoms with Crippen LogP contribution in [-0.2, 0) is 0 Å². The number of piperidine rings is 1. The van der Waals surface area contributed by atoms with Gasteiger partial charge in [0.1, 0.15) is 17.0 Å². The maximum atomic E-state index is 13.4. The Hall–Kier alpha value is -2.67. The first kappa shape index (κ1) is 19.3. The monoisotopic (exact) mass is 421 g/mol. The number of hydrogen-bond donors (Lipinski definition) is 0.